The van der Waals surface area contributed by atoms with Gasteiger partial charge in [0, 0.05) is 5.69 Å². The lowest BCUT2D eigenvalue weighted by molar-refractivity contribution is 0.145. The summed E-state index contributed by atoms with van der Waals surface area (Å²) < 4.78 is 24.3. The molecule has 0 unspecified atom stereocenters. The molecule has 0 N–H and O–H groups in total. The molecule has 1 rings (SSSR count). The number of nitrogens with zero attached hydrogens (tertiary/aromatic N) is 1. The van der Waals surface area contributed by atoms with Gasteiger partial charge in [0.05, 0.1) is 0 Å². The van der Waals surface area contributed by atoms with Crippen molar-refractivity contribution in [1.82, 2.24) is 4.98 Å². The third kappa shape index (κ3) is 2.00. The van der Waals surface area contributed by atoms with Gasteiger partial charge in [0.15, 0.2) is 0 Å². The molecule has 12 heavy (non-hydrogen) atoms. The Morgan fingerprint density at radius 2 is 1.75 bits per heavy atom. The molecule has 0 aliphatic heterocycles. The van der Waals surface area contributed by atoms with E-state index < -0.39 is 6.43 Å². The van der Waals surface area contributed by atoms with Gasteiger partial charge in [-0.3, -0.25) is 4.98 Å². The molecule has 0 aliphatic rings. The van der Waals surface area contributed by atoms with Gasteiger partial charge in [-0.2, -0.15) is 0 Å². The summed E-state index contributed by atoms with van der Waals surface area (Å²) in [6.07, 6.45) is -2.47. The number of rotatable bonds is 2. The average Bonchev–Trinajstić information content (AvgIpc) is 2.04. The molecular formula is C9H11F2N. The van der Waals surface area contributed by atoms with Crippen LogP contribution in [0.3, 0.4) is 0 Å². The third-order valence-corrected chi connectivity index (χ3v) is 1.61. The van der Waals surface area contributed by atoms with Gasteiger partial charge in [-0.25, -0.2) is 8.78 Å². The summed E-state index contributed by atoms with van der Waals surface area (Å²) >= 11 is 0. The Morgan fingerprint density at radius 3 is 2.25 bits per heavy atom. The monoisotopic (exact) mass is 171 g/mol. The smallest absolute Gasteiger partial charge is 0.252 e. The van der Waals surface area contributed by atoms with E-state index >= 15 is 0 Å². The van der Waals surface area contributed by atoms with Crippen molar-refractivity contribution in [2.75, 3.05) is 0 Å². The van der Waals surface area contributed by atoms with E-state index in [1.165, 1.54) is 6.07 Å². The predicted molar refractivity (Wildman–Crippen MR) is 43.3 cm³/mol. The van der Waals surface area contributed by atoms with E-state index in [-0.39, 0.29) is 11.6 Å². The molecule has 66 valence electrons. The largest absolute Gasteiger partial charge is 0.280 e. The maximum atomic E-state index is 12.1. The predicted octanol–water partition coefficient (Wildman–Crippen LogP) is 3.14. The quantitative estimate of drug-likeness (QED) is 0.666. The zero-order valence-electron chi connectivity index (χ0n) is 7.09. The Bertz CT molecular complexity index is 235. The van der Waals surface area contributed by atoms with Crippen LogP contribution in [-0.2, 0) is 0 Å². The second kappa shape index (κ2) is 3.61. The van der Waals surface area contributed by atoms with Crippen LogP contribution in [-0.4, -0.2) is 4.98 Å². The van der Waals surface area contributed by atoms with Gasteiger partial charge in [0.2, 0.25) is 0 Å². The summed E-state index contributed by atoms with van der Waals surface area (Å²) in [5.41, 5.74) is 0.578. The van der Waals surface area contributed by atoms with Crippen molar-refractivity contribution in [2.45, 2.75) is 26.2 Å². The normalized spacial score (nSPS) is 11.2. The molecule has 1 aromatic rings. The first kappa shape index (κ1) is 9.10. The van der Waals surface area contributed by atoms with Crippen molar-refractivity contribution in [2.24, 2.45) is 0 Å². The van der Waals surface area contributed by atoms with Crippen LogP contribution in [0.2, 0.25) is 0 Å². The highest BCUT2D eigenvalue weighted by Gasteiger charge is 2.09. The number of halogens is 2. The molecule has 0 radical (unpaired) electrons. The molecule has 0 saturated heterocycles. The van der Waals surface area contributed by atoms with Crippen molar-refractivity contribution in [3.8, 4) is 0 Å². The van der Waals surface area contributed by atoms with Crippen LogP contribution >= 0.6 is 0 Å². The van der Waals surface area contributed by atoms with Crippen LogP contribution in [0.4, 0.5) is 8.78 Å². The first-order valence-corrected chi connectivity index (χ1v) is 3.86. The van der Waals surface area contributed by atoms with E-state index in [9.17, 15) is 8.78 Å². The standard InChI is InChI=1S/C9H11F2N/c1-6(2)7-4-3-5-8(12-7)9(10)11/h3-6,9H,1-2H3. The lowest BCUT2D eigenvalue weighted by atomic mass is 10.1. The number of pyridine rings is 1. The highest BCUT2D eigenvalue weighted by atomic mass is 19.3. The molecule has 0 aromatic carbocycles. The Labute approximate surface area is 70.4 Å². The number of hydrogen-bond donors (Lipinski definition) is 0. The highest BCUT2D eigenvalue weighted by molar-refractivity contribution is 5.14. The molecular weight excluding hydrogens is 160 g/mol. The SMILES string of the molecule is CC(C)c1cccc(C(F)F)n1. The summed E-state index contributed by atoms with van der Waals surface area (Å²) in [4.78, 5) is 3.82. The molecule has 0 aliphatic carbocycles. The summed E-state index contributed by atoms with van der Waals surface area (Å²) in [5.74, 6) is 0.198. The topological polar surface area (TPSA) is 12.9 Å². The van der Waals surface area contributed by atoms with E-state index in [2.05, 4.69) is 4.98 Å². The van der Waals surface area contributed by atoms with E-state index in [0.717, 1.165) is 0 Å². The average molecular weight is 171 g/mol. The number of aromatic nitrogens is 1. The first-order valence-electron chi connectivity index (χ1n) is 3.86. The van der Waals surface area contributed by atoms with Gasteiger partial charge >= 0.3 is 0 Å². The Hall–Kier alpha value is -0.990. The van der Waals surface area contributed by atoms with E-state index in [1.807, 2.05) is 13.8 Å². The number of alkyl halides is 2. The van der Waals surface area contributed by atoms with E-state index in [1.54, 1.807) is 12.1 Å². The molecule has 0 saturated carbocycles. The molecule has 0 fully saturated rings. The summed E-state index contributed by atoms with van der Waals surface area (Å²) in [6.45, 7) is 3.86. The molecule has 0 spiro atoms. The zero-order valence-corrected chi connectivity index (χ0v) is 7.09. The maximum Gasteiger partial charge on any atom is 0.280 e. The van der Waals surface area contributed by atoms with Gasteiger partial charge in [-0.05, 0) is 18.1 Å². The second-order valence-corrected chi connectivity index (χ2v) is 2.94. The molecule has 1 aromatic heterocycles. The number of hydrogen-bond acceptors (Lipinski definition) is 1. The fourth-order valence-corrected chi connectivity index (χ4v) is 0.912. The Kier molecular flexibility index (Phi) is 2.74. The van der Waals surface area contributed by atoms with Crippen LogP contribution in [0.15, 0.2) is 18.2 Å². The molecule has 1 heterocycles. The second-order valence-electron chi connectivity index (χ2n) is 2.94. The van der Waals surface area contributed by atoms with E-state index in [0.29, 0.717) is 5.69 Å². The van der Waals surface area contributed by atoms with Crippen molar-refractivity contribution in [1.29, 1.82) is 0 Å². The molecule has 0 amide bonds. The molecule has 1 nitrogen and oxygen atoms in total. The zero-order chi connectivity index (χ0) is 9.14. The van der Waals surface area contributed by atoms with Crippen LogP contribution in [0, 0.1) is 0 Å². The van der Waals surface area contributed by atoms with Gasteiger partial charge in [-0.1, -0.05) is 19.9 Å². The fraction of sp³-hybridized carbons (Fsp3) is 0.444. The summed E-state index contributed by atoms with van der Waals surface area (Å²) in [6, 6.07) is 4.72. The van der Waals surface area contributed by atoms with Gasteiger partial charge in [-0.15, -0.1) is 0 Å². The maximum absolute atomic E-state index is 12.1. The van der Waals surface area contributed by atoms with Crippen molar-refractivity contribution >= 4 is 0 Å². The summed E-state index contributed by atoms with van der Waals surface area (Å²) in [5, 5.41) is 0. The van der Waals surface area contributed by atoms with Crippen LogP contribution in [0.5, 0.6) is 0 Å². The lowest BCUT2D eigenvalue weighted by Crippen LogP contribution is -1.96. The van der Waals surface area contributed by atoms with Crippen molar-refractivity contribution in [3.63, 3.8) is 0 Å². The van der Waals surface area contributed by atoms with Crippen LogP contribution in [0.25, 0.3) is 0 Å². The lowest BCUT2D eigenvalue weighted by Gasteiger charge is -2.05. The van der Waals surface area contributed by atoms with Gasteiger partial charge in [0.25, 0.3) is 6.43 Å². The summed E-state index contributed by atoms with van der Waals surface area (Å²) in [7, 11) is 0. The Morgan fingerprint density at radius 1 is 1.17 bits per heavy atom. The molecule has 0 bridgehead atoms. The van der Waals surface area contributed by atoms with Crippen LogP contribution < -0.4 is 0 Å². The van der Waals surface area contributed by atoms with Gasteiger partial charge < -0.3 is 0 Å². The highest BCUT2D eigenvalue weighted by Crippen LogP contribution is 2.18. The fourth-order valence-electron chi connectivity index (χ4n) is 0.912. The van der Waals surface area contributed by atoms with E-state index in [4.69, 9.17) is 0 Å². The minimum absolute atomic E-state index is 0.138. The Balaban J connectivity index is 2.96. The minimum atomic E-state index is -2.47. The van der Waals surface area contributed by atoms with Crippen molar-refractivity contribution < 1.29 is 8.78 Å². The molecule has 0 atom stereocenters. The van der Waals surface area contributed by atoms with Gasteiger partial charge in [0.1, 0.15) is 5.69 Å². The van der Waals surface area contributed by atoms with Crippen LogP contribution in [0.1, 0.15) is 37.6 Å². The minimum Gasteiger partial charge on any atom is -0.252 e. The third-order valence-electron chi connectivity index (χ3n) is 1.61. The molecule has 3 heteroatoms. The first-order chi connectivity index (χ1) is 5.61. The van der Waals surface area contributed by atoms with Crippen molar-refractivity contribution in [3.05, 3.63) is 29.6 Å².